The maximum Gasteiger partial charge on any atom is 0.123 e. The van der Waals surface area contributed by atoms with E-state index in [9.17, 15) is 0 Å². The van der Waals surface area contributed by atoms with Crippen molar-refractivity contribution in [1.29, 1.82) is 0 Å². The van der Waals surface area contributed by atoms with Gasteiger partial charge in [0, 0.05) is 11.6 Å². The van der Waals surface area contributed by atoms with Crippen LogP contribution in [0.1, 0.15) is 24.1 Å². The van der Waals surface area contributed by atoms with Gasteiger partial charge in [0.25, 0.3) is 0 Å². The predicted octanol–water partition coefficient (Wildman–Crippen LogP) is 3.60. The van der Waals surface area contributed by atoms with Crippen molar-refractivity contribution >= 4 is 0 Å². The van der Waals surface area contributed by atoms with Crippen LogP contribution in [0.25, 0.3) is 0 Å². The fourth-order valence-electron chi connectivity index (χ4n) is 2.36. The standard InChI is InChI=1S/C18H23NO2/c1-14(17-6-4-5-7-18(17)21-3)19-13-12-15-8-10-16(20-2)11-9-15/h4-11,14,19H,12-13H2,1-3H3/t14-/m0/s1. The molecular weight excluding hydrogens is 262 g/mol. The lowest BCUT2D eigenvalue weighted by atomic mass is 10.1. The fraction of sp³-hybridized carbons (Fsp3) is 0.333. The second-order valence-corrected chi connectivity index (χ2v) is 5.02. The van der Waals surface area contributed by atoms with Crippen LogP contribution in [0.3, 0.4) is 0 Å². The van der Waals surface area contributed by atoms with E-state index in [1.165, 1.54) is 11.1 Å². The molecule has 2 aromatic carbocycles. The highest BCUT2D eigenvalue weighted by Crippen LogP contribution is 2.24. The molecule has 1 N–H and O–H groups in total. The molecule has 3 heteroatoms. The van der Waals surface area contributed by atoms with Gasteiger partial charge in [-0.25, -0.2) is 0 Å². The molecular formula is C18H23NO2. The first kappa shape index (κ1) is 15.4. The molecule has 0 saturated carbocycles. The van der Waals surface area contributed by atoms with Crippen molar-refractivity contribution in [2.24, 2.45) is 0 Å². The average molecular weight is 285 g/mol. The minimum Gasteiger partial charge on any atom is -0.497 e. The molecule has 0 aromatic heterocycles. The van der Waals surface area contributed by atoms with Gasteiger partial charge in [-0.2, -0.15) is 0 Å². The summed E-state index contributed by atoms with van der Waals surface area (Å²) in [6, 6.07) is 16.6. The average Bonchev–Trinajstić information content (AvgIpc) is 2.55. The Morgan fingerprint density at radius 2 is 1.67 bits per heavy atom. The minimum atomic E-state index is 0.263. The van der Waals surface area contributed by atoms with Crippen molar-refractivity contribution < 1.29 is 9.47 Å². The van der Waals surface area contributed by atoms with Gasteiger partial charge in [0.15, 0.2) is 0 Å². The van der Waals surface area contributed by atoms with E-state index in [4.69, 9.17) is 9.47 Å². The van der Waals surface area contributed by atoms with Crippen molar-refractivity contribution in [3.63, 3.8) is 0 Å². The summed E-state index contributed by atoms with van der Waals surface area (Å²) < 4.78 is 10.6. The van der Waals surface area contributed by atoms with Gasteiger partial charge < -0.3 is 14.8 Å². The number of ether oxygens (including phenoxy) is 2. The van der Waals surface area contributed by atoms with Gasteiger partial charge >= 0.3 is 0 Å². The second-order valence-electron chi connectivity index (χ2n) is 5.02. The van der Waals surface area contributed by atoms with Crippen LogP contribution < -0.4 is 14.8 Å². The van der Waals surface area contributed by atoms with Gasteiger partial charge in [0.05, 0.1) is 14.2 Å². The third-order valence-electron chi connectivity index (χ3n) is 3.63. The monoisotopic (exact) mass is 285 g/mol. The third-order valence-corrected chi connectivity index (χ3v) is 3.63. The zero-order valence-electron chi connectivity index (χ0n) is 12.9. The van der Waals surface area contributed by atoms with Crippen molar-refractivity contribution in [3.05, 3.63) is 59.7 Å². The lowest BCUT2D eigenvalue weighted by Crippen LogP contribution is -2.21. The molecule has 0 heterocycles. The quantitative estimate of drug-likeness (QED) is 0.843. The summed E-state index contributed by atoms with van der Waals surface area (Å²) in [5.74, 6) is 1.83. The Kier molecular flexibility index (Phi) is 5.64. The van der Waals surface area contributed by atoms with Gasteiger partial charge in [0.2, 0.25) is 0 Å². The Labute approximate surface area is 126 Å². The lowest BCUT2D eigenvalue weighted by Gasteiger charge is -2.17. The highest BCUT2D eigenvalue weighted by Gasteiger charge is 2.09. The van der Waals surface area contributed by atoms with Crippen LogP contribution >= 0.6 is 0 Å². The van der Waals surface area contributed by atoms with E-state index < -0.39 is 0 Å². The third kappa shape index (κ3) is 4.23. The number of hydrogen-bond donors (Lipinski definition) is 1. The molecule has 0 amide bonds. The van der Waals surface area contributed by atoms with Crippen molar-refractivity contribution in [1.82, 2.24) is 5.32 Å². The molecule has 0 aliphatic heterocycles. The fourth-order valence-corrected chi connectivity index (χ4v) is 2.36. The molecule has 2 rings (SSSR count). The van der Waals surface area contributed by atoms with E-state index in [-0.39, 0.29) is 6.04 Å². The Bertz CT molecular complexity index is 551. The van der Waals surface area contributed by atoms with E-state index in [1.807, 2.05) is 30.3 Å². The number of hydrogen-bond acceptors (Lipinski definition) is 3. The van der Waals surface area contributed by atoms with Crippen LogP contribution in [0.15, 0.2) is 48.5 Å². The SMILES string of the molecule is COc1ccc(CCN[C@@H](C)c2ccccc2OC)cc1. The summed E-state index contributed by atoms with van der Waals surface area (Å²) in [5, 5.41) is 3.54. The Hall–Kier alpha value is -2.00. The summed E-state index contributed by atoms with van der Waals surface area (Å²) in [6.45, 7) is 3.08. The summed E-state index contributed by atoms with van der Waals surface area (Å²) in [6.07, 6.45) is 0.990. The first-order chi connectivity index (χ1) is 10.2. The molecule has 3 nitrogen and oxygen atoms in total. The number of benzene rings is 2. The zero-order chi connectivity index (χ0) is 15.1. The molecule has 112 valence electrons. The van der Waals surface area contributed by atoms with E-state index in [0.717, 1.165) is 24.5 Å². The van der Waals surface area contributed by atoms with E-state index in [2.05, 4.69) is 30.4 Å². The maximum atomic E-state index is 5.40. The van der Waals surface area contributed by atoms with E-state index in [0.29, 0.717) is 0 Å². The van der Waals surface area contributed by atoms with Gasteiger partial charge in [-0.15, -0.1) is 0 Å². The predicted molar refractivity (Wildman–Crippen MR) is 86.1 cm³/mol. The van der Waals surface area contributed by atoms with E-state index >= 15 is 0 Å². The van der Waals surface area contributed by atoms with Gasteiger partial charge in [-0.3, -0.25) is 0 Å². The molecule has 0 aliphatic rings. The Morgan fingerprint density at radius 1 is 0.952 bits per heavy atom. The molecule has 0 fully saturated rings. The first-order valence-corrected chi connectivity index (χ1v) is 7.24. The maximum absolute atomic E-state index is 5.40. The normalized spacial score (nSPS) is 12.0. The molecule has 0 bridgehead atoms. The van der Waals surface area contributed by atoms with Gasteiger partial charge in [0.1, 0.15) is 11.5 Å². The van der Waals surface area contributed by atoms with Crippen LogP contribution in [-0.4, -0.2) is 20.8 Å². The molecule has 0 spiro atoms. The highest BCUT2D eigenvalue weighted by atomic mass is 16.5. The Balaban J connectivity index is 1.87. The highest BCUT2D eigenvalue weighted by molar-refractivity contribution is 5.35. The molecule has 0 unspecified atom stereocenters. The van der Waals surface area contributed by atoms with Crippen LogP contribution in [0.4, 0.5) is 0 Å². The van der Waals surface area contributed by atoms with Crippen molar-refractivity contribution in [3.8, 4) is 11.5 Å². The van der Waals surface area contributed by atoms with Crippen LogP contribution in [-0.2, 0) is 6.42 Å². The van der Waals surface area contributed by atoms with Crippen LogP contribution in [0.5, 0.6) is 11.5 Å². The van der Waals surface area contributed by atoms with Gasteiger partial charge in [-0.05, 0) is 43.7 Å². The van der Waals surface area contributed by atoms with Crippen molar-refractivity contribution in [2.75, 3.05) is 20.8 Å². The topological polar surface area (TPSA) is 30.5 Å². The lowest BCUT2D eigenvalue weighted by molar-refractivity contribution is 0.402. The molecule has 0 radical (unpaired) electrons. The summed E-state index contributed by atoms with van der Waals surface area (Å²) in [7, 11) is 3.40. The molecule has 2 aromatic rings. The van der Waals surface area contributed by atoms with Gasteiger partial charge in [-0.1, -0.05) is 30.3 Å². The molecule has 0 aliphatic carbocycles. The number of rotatable bonds is 7. The van der Waals surface area contributed by atoms with Crippen LogP contribution in [0.2, 0.25) is 0 Å². The minimum absolute atomic E-state index is 0.263. The molecule has 0 saturated heterocycles. The Morgan fingerprint density at radius 3 is 2.33 bits per heavy atom. The molecule has 21 heavy (non-hydrogen) atoms. The molecule has 1 atom stereocenters. The summed E-state index contributed by atoms with van der Waals surface area (Å²) in [5.41, 5.74) is 2.49. The van der Waals surface area contributed by atoms with E-state index in [1.54, 1.807) is 14.2 Å². The number of nitrogens with one attached hydrogen (secondary N) is 1. The van der Waals surface area contributed by atoms with Crippen LogP contribution in [0, 0.1) is 0 Å². The first-order valence-electron chi connectivity index (χ1n) is 7.24. The number of para-hydroxylation sites is 1. The second kappa shape index (κ2) is 7.70. The number of methoxy groups -OCH3 is 2. The summed E-state index contributed by atoms with van der Waals surface area (Å²) in [4.78, 5) is 0. The zero-order valence-corrected chi connectivity index (χ0v) is 12.9. The summed E-state index contributed by atoms with van der Waals surface area (Å²) >= 11 is 0. The smallest absolute Gasteiger partial charge is 0.123 e. The largest absolute Gasteiger partial charge is 0.497 e. The van der Waals surface area contributed by atoms with Crippen molar-refractivity contribution in [2.45, 2.75) is 19.4 Å².